The molecule has 10 heteroatoms. The Bertz CT molecular complexity index is 1240. The molecular weight excluding hydrogens is 433 g/mol. The Morgan fingerprint density at radius 2 is 1.91 bits per heavy atom. The number of benzene rings is 1. The summed E-state index contributed by atoms with van der Waals surface area (Å²) in [5.41, 5.74) is 7.59. The smallest absolute Gasteiger partial charge is 0.202 e. The predicted molar refractivity (Wildman–Crippen MR) is 116 cm³/mol. The number of alkyl halides is 1. The third-order valence-electron chi connectivity index (χ3n) is 6.67. The summed E-state index contributed by atoms with van der Waals surface area (Å²) in [6.07, 6.45) is 1.68. The number of piperidine rings is 1. The average Bonchev–Trinajstić information content (AvgIpc) is 3.32. The molecular formula is C23H23F3N6O. The Hall–Kier alpha value is -3.16. The van der Waals surface area contributed by atoms with Crippen molar-refractivity contribution in [3.05, 3.63) is 46.8 Å². The van der Waals surface area contributed by atoms with E-state index in [1.165, 1.54) is 0 Å². The van der Waals surface area contributed by atoms with Gasteiger partial charge in [-0.05, 0) is 37.8 Å². The van der Waals surface area contributed by atoms with Crippen molar-refractivity contribution < 1.29 is 17.9 Å². The number of nitrogens with two attached hydrogens (primary N) is 1. The van der Waals surface area contributed by atoms with Gasteiger partial charge in [0.2, 0.25) is 5.65 Å². The molecule has 2 aromatic heterocycles. The predicted octanol–water partition coefficient (Wildman–Crippen LogP) is 2.83. The molecule has 1 spiro atoms. The number of hydrogen-bond donors (Lipinski definition) is 2. The van der Waals surface area contributed by atoms with Crippen LogP contribution in [0, 0.1) is 28.9 Å². The lowest BCUT2D eigenvalue weighted by Gasteiger charge is -2.41. The number of halogens is 3. The third kappa shape index (κ3) is 3.92. The number of aromatic nitrogens is 4. The minimum Gasteiger partial charge on any atom is -0.376 e. The molecule has 0 radical (unpaired) electrons. The van der Waals surface area contributed by atoms with Crippen LogP contribution in [0.5, 0.6) is 0 Å². The number of nitrogens with zero attached hydrogens (tertiary/aromatic N) is 4. The van der Waals surface area contributed by atoms with Crippen molar-refractivity contribution >= 4 is 17.0 Å². The van der Waals surface area contributed by atoms with Crippen LogP contribution >= 0.6 is 0 Å². The van der Waals surface area contributed by atoms with Crippen molar-refractivity contribution in [3.8, 4) is 11.8 Å². The molecule has 5 rings (SSSR count). The van der Waals surface area contributed by atoms with Gasteiger partial charge in [0.1, 0.15) is 35.2 Å². The normalized spacial score (nSPS) is 22.0. The fourth-order valence-electron chi connectivity index (χ4n) is 4.69. The van der Waals surface area contributed by atoms with Crippen LogP contribution in [0.15, 0.2) is 18.2 Å². The van der Waals surface area contributed by atoms with Crippen LogP contribution in [0.1, 0.15) is 36.7 Å². The van der Waals surface area contributed by atoms with Crippen LogP contribution < -0.4 is 10.6 Å². The molecule has 0 unspecified atom stereocenters. The van der Waals surface area contributed by atoms with E-state index in [1.807, 2.05) is 11.8 Å². The van der Waals surface area contributed by atoms with Gasteiger partial charge >= 0.3 is 0 Å². The van der Waals surface area contributed by atoms with E-state index in [1.54, 1.807) is 0 Å². The van der Waals surface area contributed by atoms with E-state index >= 15 is 0 Å². The zero-order chi connectivity index (χ0) is 23.2. The molecule has 1 aromatic carbocycles. The van der Waals surface area contributed by atoms with Gasteiger partial charge in [-0.15, -0.1) is 0 Å². The Kier molecular flexibility index (Phi) is 5.46. The highest BCUT2D eigenvalue weighted by atomic mass is 19.1. The topological polar surface area (TPSA) is 93.0 Å². The third-order valence-corrected chi connectivity index (χ3v) is 6.67. The highest BCUT2D eigenvalue weighted by molar-refractivity contribution is 5.78. The van der Waals surface area contributed by atoms with E-state index < -0.39 is 18.3 Å². The molecule has 172 valence electrons. The summed E-state index contributed by atoms with van der Waals surface area (Å²) < 4.78 is 46.5. The van der Waals surface area contributed by atoms with Gasteiger partial charge in [-0.25, -0.2) is 23.1 Å². The molecule has 0 aliphatic carbocycles. The van der Waals surface area contributed by atoms with E-state index in [0.717, 1.165) is 31.0 Å². The first-order valence-corrected chi connectivity index (χ1v) is 10.8. The Morgan fingerprint density at radius 1 is 1.18 bits per heavy atom. The summed E-state index contributed by atoms with van der Waals surface area (Å²) in [4.78, 5) is 11.0. The lowest BCUT2D eigenvalue weighted by molar-refractivity contribution is 0.0974. The first kappa shape index (κ1) is 21.7. The fourth-order valence-corrected chi connectivity index (χ4v) is 4.69. The lowest BCUT2D eigenvalue weighted by atomic mass is 9.73. The maximum Gasteiger partial charge on any atom is 0.202 e. The number of anilines is 1. The van der Waals surface area contributed by atoms with Crippen LogP contribution in [0.2, 0.25) is 0 Å². The number of H-pyrrole nitrogens is 1. The molecule has 33 heavy (non-hydrogen) atoms. The number of nitrogens with one attached hydrogen (secondary N) is 1. The molecule has 2 saturated heterocycles. The summed E-state index contributed by atoms with van der Waals surface area (Å²) in [7, 11) is 0. The van der Waals surface area contributed by atoms with Gasteiger partial charge in [-0.1, -0.05) is 5.92 Å². The Morgan fingerprint density at radius 3 is 2.55 bits per heavy atom. The lowest BCUT2D eigenvalue weighted by Crippen LogP contribution is -2.51. The summed E-state index contributed by atoms with van der Waals surface area (Å²) in [6.45, 7) is 3.17. The van der Waals surface area contributed by atoms with E-state index in [-0.39, 0.29) is 28.8 Å². The van der Waals surface area contributed by atoms with Crippen LogP contribution in [0.3, 0.4) is 0 Å². The number of rotatable bonds is 2. The second-order valence-corrected chi connectivity index (χ2v) is 8.70. The zero-order valence-corrected chi connectivity index (χ0v) is 18.0. The number of aromatic amines is 1. The molecule has 2 atom stereocenters. The van der Waals surface area contributed by atoms with Crippen LogP contribution in [-0.2, 0) is 11.4 Å². The highest BCUT2D eigenvalue weighted by Gasteiger charge is 2.47. The molecule has 7 nitrogen and oxygen atoms in total. The quantitative estimate of drug-likeness (QED) is 0.576. The standard InChI is InChI=1S/C23H23F3N6O/c1-13-20(27)23(12-33-13)4-6-32(7-5-23)22-18(11-24)28-19-17(30-31-21(19)29-22)3-2-14-8-15(25)10-16(26)9-14/h8-10,13,20H,4-7,11-12,27H2,1H3,(H,29,30,31)/t13-,20+/m0/s1. The molecule has 0 saturated carbocycles. The minimum atomic E-state index is -0.799. The number of hydrogen-bond acceptors (Lipinski definition) is 6. The molecule has 4 heterocycles. The maximum atomic E-state index is 13.9. The van der Waals surface area contributed by atoms with Crippen LogP contribution in [-0.4, -0.2) is 52.0 Å². The minimum absolute atomic E-state index is 0.0205. The van der Waals surface area contributed by atoms with Gasteiger partial charge < -0.3 is 15.4 Å². The van der Waals surface area contributed by atoms with Crippen molar-refractivity contribution in [2.24, 2.45) is 11.1 Å². The van der Waals surface area contributed by atoms with Gasteiger partial charge in [0.05, 0.1) is 12.7 Å². The first-order chi connectivity index (χ1) is 15.9. The van der Waals surface area contributed by atoms with Gasteiger partial charge in [0.15, 0.2) is 5.82 Å². The molecule has 0 amide bonds. The molecule has 0 bridgehead atoms. The summed E-state index contributed by atoms with van der Waals surface area (Å²) in [5.74, 6) is 4.45. The van der Waals surface area contributed by atoms with Crippen molar-refractivity contribution in [3.63, 3.8) is 0 Å². The highest BCUT2D eigenvalue weighted by Crippen LogP contribution is 2.42. The summed E-state index contributed by atoms with van der Waals surface area (Å²) in [6, 6.07) is 2.99. The molecule has 2 fully saturated rings. The molecule has 3 aromatic rings. The second kappa shape index (κ2) is 8.32. The summed E-state index contributed by atoms with van der Waals surface area (Å²) in [5, 5.41) is 6.89. The van der Waals surface area contributed by atoms with Gasteiger partial charge in [0, 0.05) is 36.2 Å². The van der Waals surface area contributed by atoms with Crippen molar-refractivity contribution in [1.82, 2.24) is 20.2 Å². The van der Waals surface area contributed by atoms with Gasteiger partial charge in [-0.3, -0.25) is 5.10 Å². The largest absolute Gasteiger partial charge is 0.376 e. The second-order valence-electron chi connectivity index (χ2n) is 8.70. The van der Waals surface area contributed by atoms with Crippen molar-refractivity contribution in [1.29, 1.82) is 0 Å². The van der Waals surface area contributed by atoms with Gasteiger partial charge in [0.25, 0.3) is 0 Å². The van der Waals surface area contributed by atoms with Crippen molar-refractivity contribution in [2.75, 3.05) is 24.6 Å². The van der Waals surface area contributed by atoms with Gasteiger partial charge in [-0.2, -0.15) is 5.10 Å². The zero-order valence-electron chi connectivity index (χ0n) is 18.0. The Labute approximate surface area is 188 Å². The van der Waals surface area contributed by atoms with E-state index in [2.05, 4.69) is 32.0 Å². The van der Waals surface area contributed by atoms with Crippen LogP contribution in [0.25, 0.3) is 11.2 Å². The van der Waals surface area contributed by atoms with E-state index in [9.17, 15) is 13.2 Å². The molecule has 3 N–H and O–H groups in total. The van der Waals surface area contributed by atoms with Crippen LogP contribution in [0.4, 0.5) is 19.0 Å². The fraction of sp³-hybridized carbons (Fsp3) is 0.435. The van der Waals surface area contributed by atoms with Crippen molar-refractivity contribution in [2.45, 2.75) is 38.6 Å². The average molecular weight is 456 g/mol. The monoisotopic (exact) mass is 456 g/mol. The van der Waals surface area contributed by atoms with E-state index in [4.69, 9.17) is 10.5 Å². The summed E-state index contributed by atoms with van der Waals surface area (Å²) >= 11 is 0. The number of ether oxygens (including phenoxy) is 1. The maximum absolute atomic E-state index is 13.9. The molecule has 2 aliphatic heterocycles. The van der Waals surface area contributed by atoms with E-state index in [0.29, 0.717) is 42.4 Å². The number of fused-ring (bicyclic) bond motifs is 1. The Balaban J connectivity index is 1.42. The molecule has 2 aliphatic rings. The first-order valence-electron chi connectivity index (χ1n) is 10.8. The SMILES string of the molecule is C[C@@H]1OCC2(CCN(c3nc4n[nH]c(C#Cc5cc(F)cc(F)c5)c4nc3CF)CC2)[C@@H]1N.